The second-order valence-electron chi connectivity index (χ2n) is 4.11. The van der Waals surface area contributed by atoms with Gasteiger partial charge in [0, 0.05) is 5.56 Å². The zero-order chi connectivity index (χ0) is 12.4. The Morgan fingerprint density at radius 1 is 0.722 bits per heavy atom. The number of hydrogen-bond acceptors (Lipinski definition) is 2. The summed E-state index contributed by atoms with van der Waals surface area (Å²) in [5.74, 6) is 0.992. The lowest BCUT2D eigenvalue weighted by Gasteiger charge is -2.05. The molecule has 0 fully saturated rings. The quantitative estimate of drug-likeness (QED) is 0.718. The molecule has 0 unspecified atom stereocenters. The number of aromatic hydroxyl groups is 1. The molecular weight excluding hydrogens is 224 g/mol. The number of phenolic OH excluding ortho intramolecular Hbond substituents is 1. The summed E-state index contributed by atoms with van der Waals surface area (Å²) in [6.07, 6.45) is 1.63. The summed E-state index contributed by atoms with van der Waals surface area (Å²) in [6, 6.07) is 19.1. The summed E-state index contributed by atoms with van der Waals surface area (Å²) in [5.41, 5.74) is 2.92. The molecule has 2 heteroatoms. The number of benzene rings is 2. The van der Waals surface area contributed by atoms with Crippen LogP contribution in [0.2, 0.25) is 0 Å². The van der Waals surface area contributed by atoms with Gasteiger partial charge in [0.25, 0.3) is 0 Å². The van der Waals surface area contributed by atoms with Crippen LogP contribution >= 0.6 is 0 Å². The van der Waals surface area contributed by atoms with Crippen LogP contribution in [-0.4, -0.2) is 5.11 Å². The Balaban J connectivity index is 2.12. The van der Waals surface area contributed by atoms with E-state index in [9.17, 15) is 5.11 Å². The summed E-state index contributed by atoms with van der Waals surface area (Å²) in [7, 11) is 0. The van der Waals surface area contributed by atoms with Gasteiger partial charge in [-0.2, -0.15) is 0 Å². The Hall–Kier alpha value is -2.48. The van der Waals surface area contributed by atoms with Crippen LogP contribution < -0.4 is 0 Å². The Morgan fingerprint density at radius 2 is 1.50 bits per heavy atom. The van der Waals surface area contributed by atoms with E-state index in [2.05, 4.69) is 0 Å². The highest BCUT2D eigenvalue weighted by Crippen LogP contribution is 2.30. The van der Waals surface area contributed by atoms with E-state index >= 15 is 0 Å². The molecule has 0 aliphatic rings. The molecule has 3 aromatic rings. The predicted octanol–water partition coefficient (Wildman–Crippen LogP) is 4.32. The Kier molecular flexibility index (Phi) is 2.61. The highest BCUT2D eigenvalue weighted by atomic mass is 16.3. The largest absolute Gasteiger partial charge is 0.508 e. The minimum atomic E-state index is 0.239. The zero-order valence-electron chi connectivity index (χ0n) is 9.71. The predicted molar refractivity (Wildman–Crippen MR) is 71.2 cm³/mol. The fourth-order valence-corrected chi connectivity index (χ4v) is 1.99. The average Bonchev–Trinajstić information content (AvgIpc) is 2.93. The van der Waals surface area contributed by atoms with Gasteiger partial charge < -0.3 is 9.52 Å². The molecule has 0 atom stereocenters. The maximum atomic E-state index is 9.81. The molecule has 88 valence electrons. The summed E-state index contributed by atoms with van der Waals surface area (Å²) in [6.45, 7) is 0. The number of rotatable bonds is 2. The smallest absolute Gasteiger partial charge is 0.134 e. The SMILES string of the molecule is Oc1cc(-c2ccccc2)cc(-c2ccco2)c1. The number of hydrogen-bond donors (Lipinski definition) is 1. The van der Waals surface area contributed by atoms with Crippen molar-refractivity contribution in [2.24, 2.45) is 0 Å². The lowest BCUT2D eigenvalue weighted by Crippen LogP contribution is -1.80. The molecule has 2 aromatic carbocycles. The summed E-state index contributed by atoms with van der Waals surface area (Å²) in [5, 5.41) is 9.81. The molecule has 0 aliphatic carbocycles. The van der Waals surface area contributed by atoms with Crippen molar-refractivity contribution in [3.05, 3.63) is 66.9 Å². The van der Waals surface area contributed by atoms with Crippen LogP contribution in [0.15, 0.2) is 71.3 Å². The van der Waals surface area contributed by atoms with Crippen LogP contribution in [0.4, 0.5) is 0 Å². The Morgan fingerprint density at radius 3 is 2.22 bits per heavy atom. The van der Waals surface area contributed by atoms with Crippen molar-refractivity contribution in [1.29, 1.82) is 0 Å². The van der Waals surface area contributed by atoms with E-state index in [0.717, 1.165) is 22.5 Å². The van der Waals surface area contributed by atoms with E-state index in [4.69, 9.17) is 4.42 Å². The highest BCUT2D eigenvalue weighted by Gasteiger charge is 2.06. The van der Waals surface area contributed by atoms with Crippen molar-refractivity contribution >= 4 is 0 Å². The van der Waals surface area contributed by atoms with Gasteiger partial charge in [0.15, 0.2) is 0 Å². The second kappa shape index (κ2) is 4.41. The van der Waals surface area contributed by atoms with Crippen LogP contribution in [0.3, 0.4) is 0 Å². The van der Waals surface area contributed by atoms with E-state index < -0.39 is 0 Å². The zero-order valence-corrected chi connectivity index (χ0v) is 9.71. The summed E-state index contributed by atoms with van der Waals surface area (Å²) < 4.78 is 5.35. The van der Waals surface area contributed by atoms with Crippen LogP contribution in [0, 0.1) is 0 Å². The molecule has 0 saturated carbocycles. The van der Waals surface area contributed by atoms with Gasteiger partial charge in [0.2, 0.25) is 0 Å². The first-order chi connectivity index (χ1) is 8.83. The van der Waals surface area contributed by atoms with Crippen molar-refractivity contribution in [3.8, 4) is 28.2 Å². The topological polar surface area (TPSA) is 33.4 Å². The number of phenols is 1. The van der Waals surface area contributed by atoms with Gasteiger partial charge >= 0.3 is 0 Å². The minimum absolute atomic E-state index is 0.239. The third-order valence-electron chi connectivity index (χ3n) is 2.83. The lowest BCUT2D eigenvalue weighted by molar-refractivity contribution is 0.475. The number of furan rings is 1. The maximum absolute atomic E-state index is 9.81. The van der Waals surface area contributed by atoms with E-state index in [1.54, 1.807) is 18.4 Å². The average molecular weight is 236 g/mol. The summed E-state index contributed by atoms with van der Waals surface area (Å²) in [4.78, 5) is 0. The van der Waals surface area contributed by atoms with Crippen molar-refractivity contribution in [1.82, 2.24) is 0 Å². The van der Waals surface area contributed by atoms with Gasteiger partial charge in [-0.05, 0) is 41.5 Å². The lowest BCUT2D eigenvalue weighted by atomic mass is 10.0. The van der Waals surface area contributed by atoms with Crippen LogP contribution in [-0.2, 0) is 0 Å². The normalized spacial score (nSPS) is 10.4. The third kappa shape index (κ3) is 2.00. The second-order valence-corrected chi connectivity index (χ2v) is 4.11. The molecule has 2 nitrogen and oxygen atoms in total. The van der Waals surface area contributed by atoms with Gasteiger partial charge in [0.1, 0.15) is 11.5 Å². The molecule has 0 radical (unpaired) electrons. The van der Waals surface area contributed by atoms with Gasteiger partial charge in [-0.1, -0.05) is 30.3 Å². The van der Waals surface area contributed by atoms with Crippen molar-refractivity contribution < 1.29 is 9.52 Å². The first kappa shape index (κ1) is 10.7. The van der Waals surface area contributed by atoms with Gasteiger partial charge in [-0.15, -0.1) is 0 Å². The molecule has 1 N–H and O–H groups in total. The Labute approximate surface area is 105 Å². The minimum Gasteiger partial charge on any atom is -0.508 e. The first-order valence-electron chi connectivity index (χ1n) is 5.76. The molecular formula is C16H12O2. The van der Waals surface area contributed by atoms with E-state index in [0.29, 0.717) is 0 Å². The highest BCUT2D eigenvalue weighted by molar-refractivity contribution is 5.72. The van der Waals surface area contributed by atoms with E-state index in [1.807, 2.05) is 48.5 Å². The van der Waals surface area contributed by atoms with E-state index in [-0.39, 0.29) is 5.75 Å². The van der Waals surface area contributed by atoms with Gasteiger partial charge in [-0.25, -0.2) is 0 Å². The standard InChI is InChI=1S/C16H12O2/c17-15-10-13(12-5-2-1-3-6-12)9-14(11-15)16-7-4-8-18-16/h1-11,17H. The van der Waals surface area contributed by atoms with E-state index in [1.165, 1.54) is 0 Å². The molecule has 0 bridgehead atoms. The molecule has 3 rings (SSSR count). The van der Waals surface area contributed by atoms with Crippen LogP contribution in [0.1, 0.15) is 0 Å². The monoisotopic (exact) mass is 236 g/mol. The molecule has 0 amide bonds. The molecule has 0 saturated heterocycles. The summed E-state index contributed by atoms with van der Waals surface area (Å²) >= 11 is 0. The van der Waals surface area contributed by atoms with Crippen molar-refractivity contribution in [2.45, 2.75) is 0 Å². The first-order valence-corrected chi connectivity index (χ1v) is 5.76. The van der Waals surface area contributed by atoms with Gasteiger partial charge in [0.05, 0.1) is 6.26 Å². The molecule has 1 aromatic heterocycles. The fourth-order valence-electron chi connectivity index (χ4n) is 1.99. The molecule has 1 heterocycles. The molecule has 18 heavy (non-hydrogen) atoms. The fraction of sp³-hybridized carbons (Fsp3) is 0. The van der Waals surface area contributed by atoms with Crippen molar-refractivity contribution in [2.75, 3.05) is 0 Å². The third-order valence-corrected chi connectivity index (χ3v) is 2.83. The van der Waals surface area contributed by atoms with Crippen LogP contribution in [0.5, 0.6) is 5.75 Å². The molecule has 0 spiro atoms. The van der Waals surface area contributed by atoms with Gasteiger partial charge in [-0.3, -0.25) is 0 Å². The van der Waals surface area contributed by atoms with Crippen molar-refractivity contribution in [3.63, 3.8) is 0 Å². The molecule has 0 aliphatic heterocycles. The maximum Gasteiger partial charge on any atom is 0.134 e. The van der Waals surface area contributed by atoms with Crippen LogP contribution in [0.25, 0.3) is 22.5 Å². The Bertz CT molecular complexity index is 640.